The normalized spacial score (nSPS) is 21.4. The number of likely N-dealkylation sites (tertiary alicyclic amines) is 1. The van der Waals surface area contributed by atoms with E-state index in [4.69, 9.17) is 9.47 Å². The van der Waals surface area contributed by atoms with Crippen molar-refractivity contribution >= 4 is 5.91 Å². The number of nitrogens with zero attached hydrogens (tertiary/aromatic N) is 1. The van der Waals surface area contributed by atoms with Gasteiger partial charge in [0, 0.05) is 26.3 Å². The molecular weight excluding hydrogens is 278 g/mol. The van der Waals surface area contributed by atoms with Crippen molar-refractivity contribution in [2.45, 2.75) is 37.5 Å². The van der Waals surface area contributed by atoms with Crippen molar-refractivity contribution in [2.24, 2.45) is 0 Å². The maximum atomic E-state index is 13.3. The smallest absolute Gasteiger partial charge is 0.233 e. The maximum absolute atomic E-state index is 13.3. The Hall–Kier alpha value is -1.55. The molecule has 3 rings (SSSR count). The first-order valence-corrected chi connectivity index (χ1v) is 8.28. The monoisotopic (exact) mass is 303 g/mol. The van der Waals surface area contributed by atoms with Crippen LogP contribution in [0.4, 0.5) is 0 Å². The molecule has 0 atom stereocenters. The lowest BCUT2D eigenvalue weighted by Crippen LogP contribution is -2.51. The molecule has 0 aliphatic carbocycles. The summed E-state index contributed by atoms with van der Waals surface area (Å²) in [7, 11) is 1.66. The molecule has 0 saturated carbocycles. The van der Waals surface area contributed by atoms with Crippen LogP contribution in [0.5, 0.6) is 5.75 Å². The van der Waals surface area contributed by atoms with E-state index in [1.54, 1.807) is 7.11 Å². The Morgan fingerprint density at radius 2 is 1.73 bits per heavy atom. The van der Waals surface area contributed by atoms with Gasteiger partial charge >= 0.3 is 0 Å². The quantitative estimate of drug-likeness (QED) is 0.862. The van der Waals surface area contributed by atoms with Crippen LogP contribution in [-0.2, 0) is 14.9 Å². The van der Waals surface area contributed by atoms with Crippen LogP contribution >= 0.6 is 0 Å². The van der Waals surface area contributed by atoms with Gasteiger partial charge in [0.25, 0.3) is 0 Å². The first-order valence-electron chi connectivity index (χ1n) is 8.28. The minimum atomic E-state index is -0.415. The fourth-order valence-corrected chi connectivity index (χ4v) is 3.66. The third-order valence-corrected chi connectivity index (χ3v) is 5.04. The van der Waals surface area contributed by atoms with Gasteiger partial charge < -0.3 is 14.4 Å². The molecule has 4 heteroatoms. The molecular formula is C18H25NO3. The zero-order valence-electron chi connectivity index (χ0n) is 13.3. The Balaban J connectivity index is 1.90. The van der Waals surface area contributed by atoms with Crippen LogP contribution in [0.25, 0.3) is 0 Å². The van der Waals surface area contributed by atoms with E-state index in [9.17, 15) is 4.79 Å². The largest absolute Gasteiger partial charge is 0.497 e. The standard InChI is InChI=1S/C18H25NO3/c1-21-16-7-5-15(6-8-16)18(9-13-22-14-10-18)17(20)19-11-3-2-4-12-19/h5-8H,2-4,9-14H2,1H3. The van der Waals surface area contributed by atoms with Crippen molar-refractivity contribution in [3.8, 4) is 5.75 Å². The van der Waals surface area contributed by atoms with Gasteiger partial charge in [0.2, 0.25) is 5.91 Å². The van der Waals surface area contributed by atoms with Crippen molar-refractivity contribution in [1.82, 2.24) is 4.90 Å². The Labute approximate surface area is 132 Å². The van der Waals surface area contributed by atoms with Crippen molar-refractivity contribution in [1.29, 1.82) is 0 Å². The van der Waals surface area contributed by atoms with Gasteiger partial charge in [-0.3, -0.25) is 4.79 Å². The van der Waals surface area contributed by atoms with Crippen LogP contribution in [-0.4, -0.2) is 44.2 Å². The molecule has 0 N–H and O–H groups in total. The predicted octanol–water partition coefficient (Wildman–Crippen LogP) is 2.76. The molecule has 0 spiro atoms. The lowest BCUT2D eigenvalue weighted by Gasteiger charge is -2.41. The van der Waals surface area contributed by atoms with E-state index in [1.165, 1.54) is 6.42 Å². The molecule has 0 radical (unpaired) electrons. The summed E-state index contributed by atoms with van der Waals surface area (Å²) >= 11 is 0. The highest BCUT2D eigenvalue weighted by atomic mass is 16.5. The summed E-state index contributed by atoms with van der Waals surface area (Å²) in [5, 5.41) is 0. The maximum Gasteiger partial charge on any atom is 0.233 e. The molecule has 2 heterocycles. The van der Waals surface area contributed by atoms with Gasteiger partial charge in [-0.1, -0.05) is 12.1 Å². The van der Waals surface area contributed by atoms with Gasteiger partial charge in [-0.05, 0) is 49.8 Å². The van der Waals surface area contributed by atoms with Crippen LogP contribution in [0.1, 0.15) is 37.7 Å². The first kappa shape index (κ1) is 15.3. The number of hydrogen-bond donors (Lipinski definition) is 0. The Bertz CT molecular complexity index is 500. The van der Waals surface area contributed by atoms with E-state index in [0.717, 1.165) is 50.1 Å². The Morgan fingerprint density at radius 1 is 1.09 bits per heavy atom. The number of ether oxygens (including phenoxy) is 2. The molecule has 1 amide bonds. The number of hydrogen-bond acceptors (Lipinski definition) is 3. The van der Waals surface area contributed by atoms with E-state index in [0.29, 0.717) is 19.1 Å². The molecule has 2 aliphatic heterocycles. The van der Waals surface area contributed by atoms with Gasteiger partial charge in [-0.15, -0.1) is 0 Å². The molecule has 1 aromatic carbocycles. The average Bonchev–Trinajstić information content (AvgIpc) is 2.62. The topological polar surface area (TPSA) is 38.8 Å². The summed E-state index contributed by atoms with van der Waals surface area (Å²) < 4.78 is 10.8. The molecule has 0 unspecified atom stereocenters. The van der Waals surface area contributed by atoms with E-state index >= 15 is 0 Å². The number of benzene rings is 1. The first-order chi connectivity index (χ1) is 10.8. The molecule has 0 bridgehead atoms. The minimum Gasteiger partial charge on any atom is -0.497 e. The number of methoxy groups -OCH3 is 1. The summed E-state index contributed by atoms with van der Waals surface area (Å²) in [5.74, 6) is 1.12. The van der Waals surface area contributed by atoms with Crippen molar-refractivity contribution in [3.63, 3.8) is 0 Å². The lowest BCUT2D eigenvalue weighted by molar-refractivity contribution is -0.142. The van der Waals surface area contributed by atoms with Crippen LogP contribution in [0.3, 0.4) is 0 Å². The second kappa shape index (κ2) is 6.69. The predicted molar refractivity (Wildman–Crippen MR) is 85.2 cm³/mol. The molecule has 1 aromatic rings. The number of amides is 1. The number of carbonyl (C=O) groups is 1. The molecule has 2 aliphatic rings. The second-order valence-corrected chi connectivity index (χ2v) is 6.28. The van der Waals surface area contributed by atoms with Crippen LogP contribution in [0.15, 0.2) is 24.3 Å². The van der Waals surface area contributed by atoms with Gasteiger partial charge in [0.05, 0.1) is 12.5 Å². The zero-order valence-corrected chi connectivity index (χ0v) is 13.3. The van der Waals surface area contributed by atoms with Crippen molar-refractivity contribution in [3.05, 3.63) is 29.8 Å². The Morgan fingerprint density at radius 3 is 2.32 bits per heavy atom. The van der Waals surface area contributed by atoms with Crippen molar-refractivity contribution < 1.29 is 14.3 Å². The number of rotatable bonds is 3. The van der Waals surface area contributed by atoms with E-state index in [2.05, 4.69) is 4.90 Å². The fourth-order valence-electron chi connectivity index (χ4n) is 3.66. The third kappa shape index (κ3) is 2.84. The highest BCUT2D eigenvalue weighted by Crippen LogP contribution is 2.38. The van der Waals surface area contributed by atoms with E-state index in [1.807, 2.05) is 24.3 Å². The molecule has 2 saturated heterocycles. The molecule has 4 nitrogen and oxygen atoms in total. The minimum absolute atomic E-state index is 0.292. The van der Waals surface area contributed by atoms with Gasteiger partial charge in [0.1, 0.15) is 5.75 Å². The van der Waals surface area contributed by atoms with Gasteiger partial charge in [-0.25, -0.2) is 0 Å². The summed E-state index contributed by atoms with van der Waals surface area (Å²) in [5.41, 5.74) is 0.689. The highest BCUT2D eigenvalue weighted by molar-refractivity contribution is 5.88. The van der Waals surface area contributed by atoms with Gasteiger partial charge in [0.15, 0.2) is 0 Å². The lowest BCUT2D eigenvalue weighted by atomic mass is 9.72. The number of piperidine rings is 1. The Kier molecular flexibility index (Phi) is 4.67. The summed E-state index contributed by atoms with van der Waals surface area (Å²) in [6, 6.07) is 8.00. The summed E-state index contributed by atoms with van der Waals surface area (Å²) in [4.78, 5) is 15.3. The van der Waals surface area contributed by atoms with Crippen molar-refractivity contribution in [2.75, 3.05) is 33.4 Å². The third-order valence-electron chi connectivity index (χ3n) is 5.04. The van der Waals surface area contributed by atoms with Crippen LogP contribution < -0.4 is 4.74 Å². The van der Waals surface area contributed by atoms with Crippen LogP contribution in [0, 0.1) is 0 Å². The SMILES string of the molecule is COc1ccc(C2(C(=O)N3CCCCC3)CCOCC2)cc1. The molecule has 120 valence electrons. The second-order valence-electron chi connectivity index (χ2n) is 6.28. The fraction of sp³-hybridized carbons (Fsp3) is 0.611. The number of carbonyl (C=O) groups excluding carboxylic acids is 1. The summed E-state index contributed by atoms with van der Waals surface area (Å²) in [6.45, 7) is 3.12. The van der Waals surface area contributed by atoms with E-state index in [-0.39, 0.29) is 0 Å². The van der Waals surface area contributed by atoms with Crippen LogP contribution in [0.2, 0.25) is 0 Å². The molecule has 2 fully saturated rings. The summed E-state index contributed by atoms with van der Waals surface area (Å²) in [6.07, 6.45) is 5.04. The van der Waals surface area contributed by atoms with Gasteiger partial charge in [-0.2, -0.15) is 0 Å². The zero-order chi connectivity index (χ0) is 15.4. The molecule has 22 heavy (non-hydrogen) atoms. The molecule has 0 aromatic heterocycles. The average molecular weight is 303 g/mol. The van der Waals surface area contributed by atoms with E-state index < -0.39 is 5.41 Å². The highest BCUT2D eigenvalue weighted by Gasteiger charge is 2.44.